The summed E-state index contributed by atoms with van der Waals surface area (Å²) in [7, 11) is 0. The van der Waals surface area contributed by atoms with Crippen LogP contribution >= 0.6 is 0 Å². The van der Waals surface area contributed by atoms with E-state index in [-0.39, 0.29) is 0 Å². The van der Waals surface area contributed by atoms with E-state index in [2.05, 4.69) is 0 Å². The van der Waals surface area contributed by atoms with E-state index < -0.39 is 11.8 Å². The van der Waals surface area contributed by atoms with Crippen LogP contribution in [0.2, 0.25) is 0 Å². The third-order valence-electron chi connectivity index (χ3n) is 4.11. The Morgan fingerprint density at radius 1 is 0.500 bits per heavy atom. The van der Waals surface area contributed by atoms with Crippen molar-refractivity contribution in [3.05, 3.63) is 59.7 Å². The van der Waals surface area contributed by atoms with Gasteiger partial charge in [-0.25, -0.2) is 0 Å². The van der Waals surface area contributed by atoms with E-state index in [4.69, 9.17) is 0 Å². The van der Waals surface area contributed by atoms with Crippen LogP contribution < -0.4 is 0 Å². The van der Waals surface area contributed by atoms with Crippen molar-refractivity contribution in [2.75, 3.05) is 0 Å². The molecule has 0 N–H and O–H groups in total. The number of nitriles is 4. The molecule has 0 aliphatic rings. The number of nitrogens with zero attached hydrogens (tertiary/aromatic N) is 4. The monoisotopic (exact) mass is 306 g/mol. The Balaban J connectivity index is 2.63. The van der Waals surface area contributed by atoms with E-state index in [9.17, 15) is 21.0 Å². The topological polar surface area (TPSA) is 95.2 Å². The van der Waals surface area contributed by atoms with Crippen LogP contribution in [0.4, 0.5) is 0 Å². The minimum absolute atomic E-state index is 0.629. The van der Waals surface area contributed by atoms with E-state index in [0.717, 1.165) is 21.5 Å². The lowest BCUT2D eigenvalue weighted by Crippen LogP contribution is -2.02. The van der Waals surface area contributed by atoms with Crippen LogP contribution in [0, 0.1) is 45.3 Å². The molecule has 3 aromatic carbocycles. The van der Waals surface area contributed by atoms with Gasteiger partial charge < -0.3 is 0 Å². The fourth-order valence-electron chi connectivity index (χ4n) is 3.13. The van der Waals surface area contributed by atoms with Gasteiger partial charge in [0.2, 0.25) is 0 Å². The highest BCUT2D eigenvalue weighted by Crippen LogP contribution is 2.39. The lowest BCUT2D eigenvalue weighted by Gasteiger charge is -2.17. The second-order valence-corrected chi connectivity index (χ2v) is 5.30. The summed E-state index contributed by atoms with van der Waals surface area (Å²) in [6, 6.07) is 22.8. The molecule has 0 atom stereocenters. The summed E-state index contributed by atoms with van der Waals surface area (Å²) in [5, 5.41) is 40.5. The highest BCUT2D eigenvalue weighted by molar-refractivity contribution is 6.07. The molecule has 3 aromatic rings. The van der Waals surface area contributed by atoms with E-state index in [1.807, 2.05) is 72.8 Å². The first-order valence-corrected chi connectivity index (χ1v) is 7.28. The lowest BCUT2D eigenvalue weighted by atomic mass is 9.83. The van der Waals surface area contributed by atoms with E-state index >= 15 is 0 Å². The minimum atomic E-state index is -0.920. The van der Waals surface area contributed by atoms with Crippen LogP contribution in [0.5, 0.6) is 0 Å². The number of fused-ring (bicyclic) bond motifs is 2. The predicted octanol–water partition coefficient (Wildman–Crippen LogP) is 4.25. The Kier molecular flexibility index (Phi) is 3.82. The summed E-state index contributed by atoms with van der Waals surface area (Å²) in [6.07, 6.45) is 0. The SMILES string of the molecule is N#CC(C#N)c1c2ccccc2c(C(C#N)C#N)c2ccccc12. The van der Waals surface area contributed by atoms with E-state index in [0.29, 0.717) is 11.1 Å². The molecular weight excluding hydrogens is 296 g/mol. The van der Waals surface area contributed by atoms with Crippen molar-refractivity contribution in [2.24, 2.45) is 0 Å². The van der Waals surface area contributed by atoms with Crippen molar-refractivity contribution in [3.8, 4) is 24.3 Å². The van der Waals surface area contributed by atoms with Gasteiger partial charge in [0.1, 0.15) is 0 Å². The Morgan fingerprint density at radius 2 is 0.750 bits per heavy atom. The molecule has 0 aliphatic heterocycles. The van der Waals surface area contributed by atoms with Crippen molar-refractivity contribution >= 4 is 21.5 Å². The molecule has 3 rings (SSSR count). The molecule has 0 saturated carbocycles. The summed E-state index contributed by atoms with van der Waals surface area (Å²) in [5.41, 5.74) is 1.26. The molecule has 4 nitrogen and oxygen atoms in total. The maximum absolute atomic E-state index is 9.39. The fourth-order valence-corrected chi connectivity index (χ4v) is 3.13. The lowest BCUT2D eigenvalue weighted by molar-refractivity contribution is 1.11. The molecule has 0 saturated heterocycles. The maximum atomic E-state index is 9.39. The quantitative estimate of drug-likeness (QED) is 0.661. The number of rotatable bonds is 2. The molecule has 0 bridgehead atoms. The Labute approximate surface area is 139 Å². The van der Waals surface area contributed by atoms with E-state index in [1.54, 1.807) is 0 Å². The van der Waals surface area contributed by atoms with Crippen LogP contribution in [-0.4, -0.2) is 0 Å². The molecule has 0 unspecified atom stereocenters. The van der Waals surface area contributed by atoms with Crippen molar-refractivity contribution in [1.82, 2.24) is 0 Å². The third kappa shape index (κ3) is 2.12. The molecule has 4 heteroatoms. The molecule has 0 radical (unpaired) electrons. The van der Waals surface area contributed by atoms with Crippen LogP contribution in [0.15, 0.2) is 48.5 Å². The summed E-state index contributed by atoms with van der Waals surface area (Å²) >= 11 is 0. The van der Waals surface area contributed by atoms with Crippen molar-refractivity contribution in [1.29, 1.82) is 21.0 Å². The third-order valence-corrected chi connectivity index (χ3v) is 4.11. The smallest absolute Gasteiger partial charge is 0.159 e. The summed E-state index contributed by atoms with van der Waals surface area (Å²) < 4.78 is 0. The first kappa shape index (κ1) is 15.1. The number of hydrogen-bond acceptors (Lipinski definition) is 4. The standard InChI is InChI=1S/C20H10N4/c21-9-13(10-22)19-15-5-1-2-6-16(15)20(14(11-23)12-24)18-8-4-3-7-17(18)19/h1-8,13-14H. The zero-order valence-corrected chi connectivity index (χ0v) is 12.6. The number of benzene rings is 3. The van der Waals surface area contributed by atoms with Gasteiger partial charge in [-0.15, -0.1) is 0 Å². The maximum Gasteiger partial charge on any atom is 0.159 e. The van der Waals surface area contributed by atoms with Gasteiger partial charge in [-0.1, -0.05) is 48.5 Å². The van der Waals surface area contributed by atoms with Crippen molar-refractivity contribution < 1.29 is 0 Å². The first-order valence-electron chi connectivity index (χ1n) is 7.28. The molecule has 24 heavy (non-hydrogen) atoms. The Hall–Kier alpha value is -3.86. The molecule has 0 amide bonds. The molecule has 110 valence electrons. The van der Waals surface area contributed by atoms with Gasteiger partial charge in [0.25, 0.3) is 0 Å². The zero-order valence-electron chi connectivity index (χ0n) is 12.6. The average Bonchev–Trinajstić information content (AvgIpc) is 2.64. The molecular formula is C20H10N4. The van der Waals surface area contributed by atoms with Crippen LogP contribution in [0.1, 0.15) is 23.0 Å². The number of hydrogen-bond donors (Lipinski definition) is 0. The van der Waals surface area contributed by atoms with Crippen LogP contribution in [0.25, 0.3) is 21.5 Å². The highest BCUT2D eigenvalue weighted by atomic mass is 14.4. The van der Waals surface area contributed by atoms with Gasteiger partial charge in [0.05, 0.1) is 24.3 Å². The largest absolute Gasteiger partial charge is 0.196 e. The van der Waals surface area contributed by atoms with Gasteiger partial charge in [0.15, 0.2) is 11.8 Å². The Bertz CT molecular complexity index is 942. The zero-order chi connectivity index (χ0) is 17.1. The first-order chi connectivity index (χ1) is 11.8. The van der Waals surface area contributed by atoms with Gasteiger partial charge in [0, 0.05) is 0 Å². The molecule has 0 spiro atoms. The molecule has 0 aromatic heterocycles. The van der Waals surface area contributed by atoms with Crippen molar-refractivity contribution in [3.63, 3.8) is 0 Å². The van der Waals surface area contributed by atoms with Gasteiger partial charge in [-0.2, -0.15) is 21.0 Å². The van der Waals surface area contributed by atoms with E-state index in [1.165, 1.54) is 0 Å². The average molecular weight is 306 g/mol. The second kappa shape index (κ2) is 6.10. The van der Waals surface area contributed by atoms with Gasteiger partial charge in [-0.3, -0.25) is 0 Å². The van der Waals surface area contributed by atoms with Crippen molar-refractivity contribution in [2.45, 2.75) is 11.8 Å². The van der Waals surface area contributed by atoms with Crippen LogP contribution in [0.3, 0.4) is 0 Å². The highest BCUT2D eigenvalue weighted by Gasteiger charge is 2.23. The van der Waals surface area contributed by atoms with Crippen LogP contribution in [-0.2, 0) is 0 Å². The summed E-state index contributed by atoms with van der Waals surface area (Å²) in [4.78, 5) is 0. The predicted molar refractivity (Wildman–Crippen MR) is 89.4 cm³/mol. The summed E-state index contributed by atoms with van der Waals surface area (Å²) in [5.74, 6) is -1.84. The van der Waals surface area contributed by atoms with Gasteiger partial charge >= 0.3 is 0 Å². The normalized spacial score (nSPS) is 10.2. The minimum Gasteiger partial charge on any atom is -0.196 e. The molecule has 0 aliphatic carbocycles. The van der Waals surface area contributed by atoms with Gasteiger partial charge in [-0.05, 0) is 32.7 Å². The molecule has 0 fully saturated rings. The second-order valence-electron chi connectivity index (χ2n) is 5.30. The summed E-state index contributed by atoms with van der Waals surface area (Å²) in [6.45, 7) is 0. The fraction of sp³-hybridized carbons (Fsp3) is 0.100. The molecule has 0 heterocycles. The Morgan fingerprint density at radius 3 is 0.958 bits per heavy atom.